The van der Waals surface area contributed by atoms with Gasteiger partial charge in [0.25, 0.3) is 6.71 Å². The summed E-state index contributed by atoms with van der Waals surface area (Å²) in [6.45, 7) is -0.167. The predicted molar refractivity (Wildman–Crippen MR) is 282 cm³/mol. The Hall–Kier alpha value is -7.42. The molecule has 3 nitrogen and oxygen atoms in total. The SMILES string of the molecule is c1ccc(-c2ccc3sc4ccccc4c3c2N2c3cccc4c3B(c3oc5ccccc5c3N4c3c(-c4ccccc4)ccc4sc5ccccc5c34)c3c2sc2ccccc32)cc1. The van der Waals surface area contributed by atoms with Crippen LogP contribution in [0.1, 0.15) is 0 Å². The largest absolute Gasteiger partial charge is 0.468 e. The summed E-state index contributed by atoms with van der Waals surface area (Å²) in [6.07, 6.45) is 0. The number of rotatable bonds is 4. The maximum Gasteiger partial charge on any atom is 0.298 e. The average Bonchev–Trinajstić information content (AvgIpc) is 4.15. The third-order valence-corrected chi connectivity index (χ3v) is 17.1. The average molecular weight is 881 g/mol. The highest BCUT2D eigenvalue weighted by molar-refractivity contribution is 7.27. The molecule has 0 unspecified atom stereocenters. The van der Waals surface area contributed by atoms with Crippen molar-refractivity contribution in [2.75, 3.05) is 9.80 Å². The predicted octanol–water partition coefficient (Wildman–Crippen LogP) is 15.8. The molecule has 0 saturated carbocycles. The molecule has 65 heavy (non-hydrogen) atoms. The van der Waals surface area contributed by atoms with Gasteiger partial charge in [0.05, 0.1) is 27.7 Å². The van der Waals surface area contributed by atoms with Gasteiger partial charge in [-0.1, -0.05) is 146 Å². The van der Waals surface area contributed by atoms with Gasteiger partial charge >= 0.3 is 0 Å². The van der Waals surface area contributed by atoms with Crippen LogP contribution in [-0.4, -0.2) is 6.71 Å². The van der Waals surface area contributed by atoms with Crippen molar-refractivity contribution in [2.45, 2.75) is 0 Å². The zero-order valence-electron chi connectivity index (χ0n) is 34.7. The van der Waals surface area contributed by atoms with Crippen molar-refractivity contribution < 1.29 is 4.42 Å². The molecule has 13 aromatic rings. The molecular weight excluding hydrogens is 848 g/mol. The second-order valence-electron chi connectivity index (χ2n) is 17.0. The van der Waals surface area contributed by atoms with E-state index in [2.05, 4.69) is 210 Å². The summed E-state index contributed by atoms with van der Waals surface area (Å²) in [5, 5.41) is 8.69. The lowest BCUT2D eigenvalue weighted by atomic mass is 9.35. The molecular formula is C58H33BN2OS3. The van der Waals surface area contributed by atoms with E-state index < -0.39 is 0 Å². The second-order valence-corrected chi connectivity index (χ2v) is 20.2. The number of para-hydroxylation sites is 1. The van der Waals surface area contributed by atoms with E-state index >= 15 is 0 Å². The molecule has 0 fully saturated rings. The molecule has 2 aliphatic heterocycles. The molecule has 0 amide bonds. The summed E-state index contributed by atoms with van der Waals surface area (Å²) in [6, 6.07) is 73.8. The van der Waals surface area contributed by atoms with E-state index in [1.807, 2.05) is 34.0 Å². The summed E-state index contributed by atoms with van der Waals surface area (Å²) in [7, 11) is 0. The van der Waals surface area contributed by atoms with Crippen molar-refractivity contribution in [3.63, 3.8) is 0 Å². The quantitative estimate of drug-likeness (QED) is 0.164. The third kappa shape index (κ3) is 4.95. The molecule has 6 heterocycles. The summed E-state index contributed by atoms with van der Waals surface area (Å²) < 4.78 is 13.8. The van der Waals surface area contributed by atoms with Gasteiger partial charge in [0, 0.05) is 72.9 Å². The number of nitrogens with zero attached hydrogens (tertiary/aromatic N) is 2. The lowest BCUT2D eigenvalue weighted by Crippen LogP contribution is -2.60. The molecule has 0 atom stereocenters. The van der Waals surface area contributed by atoms with E-state index in [1.165, 1.54) is 111 Å². The van der Waals surface area contributed by atoms with Crippen molar-refractivity contribution in [3.05, 3.63) is 200 Å². The van der Waals surface area contributed by atoms with Crippen LogP contribution >= 0.6 is 34.0 Å². The van der Waals surface area contributed by atoms with E-state index in [0.29, 0.717) is 0 Å². The number of thiophene rings is 3. The first-order valence-electron chi connectivity index (χ1n) is 22.0. The van der Waals surface area contributed by atoms with Crippen molar-refractivity contribution in [2.24, 2.45) is 0 Å². The minimum Gasteiger partial charge on any atom is -0.468 e. The Kier molecular flexibility index (Phi) is 7.50. The van der Waals surface area contributed by atoms with Crippen LogP contribution < -0.4 is 26.4 Å². The maximum atomic E-state index is 7.39. The first kappa shape index (κ1) is 36.0. The second kappa shape index (κ2) is 13.6. The summed E-state index contributed by atoms with van der Waals surface area (Å²) in [4.78, 5) is 5.24. The van der Waals surface area contributed by atoms with E-state index in [1.54, 1.807) is 0 Å². The number of anilines is 6. The van der Waals surface area contributed by atoms with Crippen molar-refractivity contribution >= 4 is 152 Å². The molecule has 0 radical (unpaired) electrons. The van der Waals surface area contributed by atoms with Crippen LogP contribution in [0.2, 0.25) is 0 Å². The van der Waals surface area contributed by atoms with E-state index in [9.17, 15) is 0 Å². The molecule has 9 aromatic carbocycles. The lowest BCUT2D eigenvalue weighted by molar-refractivity contribution is 0.651. The van der Waals surface area contributed by atoms with Crippen LogP contribution in [0.15, 0.2) is 205 Å². The molecule has 0 bridgehead atoms. The summed E-state index contributed by atoms with van der Waals surface area (Å²) in [5.74, 6) is 0. The molecule has 0 saturated heterocycles. The Labute approximate surface area is 386 Å². The highest BCUT2D eigenvalue weighted by Crippen LogP contribution is 2.56. The first-order valence-corrected chi connectivity index (χ1v) is 24.5. The first-order chi connectivity index (χ1) is 32.3. The Balaban J connectivity index is 1.13. The van der Waals surface area contributed by atoms with Gasteiger partial charge in [-0.05, 0) is 82.0 Å². The van der Waals surface area contributed by atoms with Gasteiger partial charge in [-0.25, -0.2) is 0 Å². The summed E-state index contributed by atoms with van der Waals surface area (Å²) in [5.41, 5.74) is 15.0. The highest BCUT2D eigenvalue weighted by Gasteiger charge is 2.49. The molecule has 0 spiro atoms. The zero-order chi connectivity index (χ0) is 42.3. The number of hydrogen-bond donors (Lipinski definition) is 0. The maximum absolute atomic E-state index is 7.39. The van der Waals surface area contributed by atoms with Crippen molar-refractivity contribution in [3.8, 4) is 22.3 Å². The van der Waals surface area contributed by atoms with Gasteiger partial charge in [0.15, 0.2) is 0 Å². The smallest absolute Gasteiger partial charge is 0.298 e. The Morgan fingerprint density at radius 1 is 0.354 bits per heavy atom. The van der Waals surface area contributed by atoms with Crippen LogP contribution in [0.3, 0.4) is 0 Å². The van der Waals surface area contributed by atoms with Crippen LogP contribution in [0.5, 0.6) is 0 Å². The Morgan fingerprint density at radius 2 is 0.846 bits per heavy atom. The van der Waals surface area contributed by atoms with Crippen LogP contribution in [0, 0.1) is 0 Å². The third-order valence-electron chi connectivity index (χ3n) is 13.7. The monoisotopic (exact) mass is 880 g/mol. The van der Waals surface area contributed by atoms with Crippen molar-refractivity contribution in [1.29, 1.82) is 0 Å². The van der Waals surface area contributed by atoms with Gasteiger partial charge in [0.1, 0.15) is 5.58 Å². The Morgan fingerprint density at radius 3 is 1.46 bits per heavy atom. The van der Waals surface area contributed by atoms with Gasteiger partial charge in [-0.2, -0.15) is 0 Å². The molecule has 302 valence electrons. The van der Waals surface area contributed by atoms with Gasteiger partial charge in [-0.3, -0.25) is 0 Å². The number of fused-ring (bicyclic) bond motifs is 14. The van der Waals surface area contributed by atoms with Crippen LogP contribution in [-0.2, 0) is 0 Å². The lowest BCUT2D eigenvalue weighted by Gasteiger charge is -2.42. The molecule has 2 aliphatic rings. The van der Waals surface area contributed by atoms with Crippen LogP contribution in [0.4, 0.5) is 33.4 Å². The van der Waals surface area contributed by atoms with Crippen molar-refractivity contribution in [1.82, 2.24) is 0 Å². The minimum atomic E-state index is -0.167. The molecule has 4 aromatic heterocycles. The Bertz CT molecular complexity index is 4110. The van der Waals surface area contributed by atoms with Gasteiger partial charge in [0.2, 0.25) is 0 Å². The van der Waals surface area contributed by atoms with E-state index in [-0.39, 0.29) is 6.71 Å². The highest BCUT2D eigenvalue weighted by atomic mass is 32.1. The zero-order valence-corrected chi connectivity index (χ0v) is 37.1. The summed E-state index contributed by atoms with van der Waals surface area (Å²) >= 11 is 5.64. The fraction of sp³-hybridized carbons (Fsp3) is 0. The fourth-order valence-corrected chi connectivity index (χ4v) is 14.5. The molecule has 15 rings (SSSR count). The minimum absolute atomic E-state index is 0.167. The molecule has 0 aliphatic carbocycles. The number of benzene rings is 9. The number of furan rings is 1. The molecule has 7 heteroatoms. The topological polar surface area (TPSA) is 19.6 Å². The van der Waals surface area contributed by atoms with E-state index in [0.717, 1.165) is 22.3 Å². The molecule has 0 N–H and O–H groups in total. The number of hydrogen-bond acceptors (Lipinski definition) is 6. The van der Waals surface area contributed by atoms with Gasteiger partial charge < -0.3 is 14.2 Å². The van der Waals surface area contributed by atoms with Crippen LogP contribution in [0.25, 0.3) is 83.7 Å². The standard InChI is InChI=1S/C58H33BN2OS3/c1-3-16-34(17-4-1)36-30-32-48-50(39-21-8-12-27-45(39)63-48)54(36)60-42-24-15-25-43-53(42)59(57-56(60)38-20-7-11-26-44(38)62-57)52-41-23-10-14-29-47(41)65-58(52)61(43)55-37(35-18-5-2-6-19-35)31-33-49-51(55)40-22-9-13-28-46(40)64-49/h1-33H. The fourth-order valence-electron chi connectivity index (χ4n) is 11.1. The normalized spacial score (nSPS) is 13.1. The van der Waals surface area contributed by atoms with Gasteiger partial charge in [-0.15, -0.1) is 34.0 Å². The van der Waals surface area contributed by atoms with E-state index in [4.69, 9.17) is 4.42 Å².